The van der Waals surface area contributed by atoms with E-state index in [-0.39, 0.29) is 37.8 Å². The molecule has 17 heteroatoms. The van der Waals surface area contributed by atoms with Gasteiger partial charge in [-0.1, -0.05) is 94.5 Å². The number of likely N-dealkylation sites (tertiary alicyclic amines) is 1. The second-order valence-electron chi connectivity index (χ2n) is 15.6. The van der Waals surface area contributed by atoms with Gasteiger partial charge < -0.3 is 47.3 Å². The number of hydrogen-bond acceptors (Lipinski definition) is 9. The van der Waals surface area contributed by atoms with Crippen molar-refractivity contribution in [1.29, 1.82) is 0 Å². The Bertz CT molecular complexity index is 1800. The van der Waals surface area contributed by atoms with Gasteiger partial charge in [-0.05, 0) is 62.1 Å². The number of amides is 8. The molecule has 5 unspecified atom stereocenters. The number of benzene rings is 2. The third-order valence-corrected chi connectivity index (χ3v) is 10.3. The van der Waals surface area contributed by atoms with E-state index < -0.39 is 84.2 Å². The lowest BCUT2D eigenvalue weighted by Gasteiger charge is -2.34. The molecule has 4 rings (SSSR count). The van der Waals surface area contributed by atoms with E-state index in [1.165, 1.54) is 4.90 Å². The maximum atomic E-state index is 14.5. The molecule has 1 aliphatic carbocycles. The maximum Gasteiger partial charge on any atom is 0.407 e. The van der Waals surface area contributed by atoms with Gasteiger partial charge in [-0.25, -0.2) is 9.59 Å². The number of alkyl carbamates (subject to hydrolysis) is 1. The van der Waals surface area contributed by atoms with Gasteiger partial charge in [0.15, 0.2) is 0 Å². The molecule has 0 spiro atoms. The zero-order valence-corrected chi connectivity index (χ0v) is 34.2. The average molecular weight is 819 g/mol. The highest BCUT2D eigenvalue weighted by atomic mass is 16.5. The maximum absolute atomic E-state index is 14.5. The summed E-state index contributed by atoms with van der Waals surface area (Å²) in [6.07, 6.45) is 3.68. The number of anilines is 1. The molecule has 5 atom stereocenters. The SMILES string of the molecule is CCCC(NC(=O)C1CC(NC(=O)Nc2ccc(C)cc2)CN1C(=O)C(NC(=O)OCC(C)C)C1CCCCC1)C(=O)C(=O)NCC(=O)NC(C(N)=O)c1ccccc1. The number of nitrogens with two attached hydrogens (primary N) is 1. The van der Waals surface area contributed by atoms with E-state index in [0.29, 0.717) is 30.5 Å². The second-order valence-corrected chi connectivity index (χ2v) is 15.6. The van der Waals surface area contributed by atoms with Crippen LogP contribution in [0.15, 0.2) is 54.6 Å². The van der Waals surface area contributed by atoms with Crippen LogP contribution in [-0.2, 0) is 33.5 Å². The highest BCUT2D eigenvalue weighted by Crippen LogP contribution is 2.30. The van der Waals surface area contributed by atoms with Crippen LogP contribution in [0.25, 0.3) is 0 Å². The van der Waals surface area contributed by atoms with E-state index in [9.17, 15) is 38.4 Å². The lowest BCUT2D eigenvalue weighted by molar-refractivity contribution is -0.143. The Kier molecular flexibility index (Phi) is 17.2. The number of primary amides is 1. The number of ether oxygens (including phenoxy) is 1. The van der Waals surface area contributed by atoms with Crippen molar-refractivity contribution in [1.82, 2.24) is 31.5 Å². The minimum absolute atomic E-state index is 0.0318. The van der Waals surface area contributed by atoms with Crippen molar-refractivity contribution in [2.75, 3.05) is 25.0 Å². The summed E-state index contributed by atoms with van der Waals surface area (Å²) in [5, 5.41) is 15.7. The molecular weight excluding hydrogens is 761 g/mol. The first-order chi connectivity index (χ1) is 28.2. The molecule has 0 bridgehead atoms. The topological polar surface area (TPSA) is 247 Å². The molecule has 1 heterocycles. The van der Waals surface area contributed by atoms with Crippen LogP contribution in [0.3, 0.4) is 0 Å². The summed E-state index contributed by atoms with van der Waals surface area (Å²) in [5.41, 5.74) is 7.45. The number of carbonyl (C=O) groups excluding carboxylic acids is 8. The van der Waals surface area contributed by atoms with Crippen LogP contribution < -0.4 is 37.6 Å². The quantitative estimate of drug-likeness (QED) is 0.109. The largest absolute Gasteiger partial charge is 0.449 e. The number of Topliss-reactive ketones (excluding diaryl/α,β-unsaturated/α-hetero) is 1. The molecular formula is C42H58N8O9. The average Bonchev–Trinajstić information content (AvgIpc) is 3.64. The summed E-state index contributed by atoms with van der Waals surface area (Å²) in [6, 6.07) is 9.42. The second kappa shape index (κ2) is 22.2. The molecule has 17 nitrogen and oxygen atoms in total. The third kappa shape index (κ3) is 13.8. The zero-order valence-electron chi connectivity index (χ0n) is 34.2. The van der Waals surface area contributed by atoms with Crippen LogP contribution >= 0.6 is 0 Å². The van der Waals surface area contributed by atoms with Crippen LogP contribution in [0.5, 0.6) is 0 Å². The summed E-state index contributed by atoms with van der Waals surface area (Å²) in [6.45, 7) is 6.84. The van der Waals surface area contributed by atoms with Crippen molar-refractivity contribution < 1.29 is 43.1 Å². The highest BCUT2D eigenvalue weighted by molar-refractivity contribution is 6.38. The minimum atomic E-state index is -1.33. The zero-order chi connectivity index (χ0) is 43.1. The van der Waals surface area contributed by atoms with Gasteiger partial charge in [-0.15, -0.1) is 0 Å². The number of nitrogens with one attached hydrogen (secondary N) is 6. The minimum Gasteiger partial charge on any atom is -0.449 e. The Morgan fingerprint density at radius 1 is 0.881 bits per heavy atom. The van der Waals surface area contributed by atoms with Crippen LogP contribution in [-0.4, -0.2) is 96.2 Å². The molecule has 8 amide bonds. The van der Waals surface area contributed by atoms with Crippen molar-refractivity contribution >= 4 is 53.1 Å². The molecule has 0 radical (unpaired) electrons. The Morgan fingerprint density at radius 3 is 2.19 bits per heavy atom. The molecule has 320 valence electrons. The van der Waals surface area contributed by atoms with Crippen LogP contribution in [0.4, 0.5) is 15.3 Å². The Labute approximate surface area is 344 Å². The van der Waals surface area contributed by atoms with Crippen LogP contribution in [0, 0.1) is 18.8 Å². The molecule has 8 N–H and O–H groups in total. The molecule has 2 aromatic carbocycles. The Balaban J connectivity index is 1.50. The van der Waals surface area contributed by atoms with Gasteiger partial charge >= 0.3 is 12.1 Å². The van der Waals surface area contributed by atoms with E-state index in [1.807, 2.05) is 32.9 Å². The van der Waals surface area contributed by atoms with E-state index in [1.54, 1.807) is 49.4 Å². The fourth-order valence-corrected chi connectivity index (χ4v) is 7.27. The summed E-state index contributed by atoms with van der Waals surface area (Å²) < 4.78 is 5.38. The normalized spacial score (nSPS) is 18.1. The number of aryl methyl sites for hydroxylation is 1. The first-order valence-electron chi connectivity index (χ1n) is 20.3. The lowest BCUT2D eigenvalue weighted by Crippen LogP contribution is -2.58. The molecule has 1 aliphatic heterocycles. The predicted octanol–water partition coefficient (Wildman–Crippen LogP) is 2.73. The number of ketones is 1. The van der Waals surface area contributed by atoms with Gasteiger partial charge in [0.1, 0.15) is 18.1 Å². The fourth-order valence-electron chi connectivity index (χ4n) is 7.27. The summed E-state index contributed by atoms with van der Waals surface area (Å²) in [4.78, 5) is 107. The molecule has 1 saturated heterocycles. The van der Waals surface area contributed by atoms with E-state index >= 15 is 0 Å². The molecule has 2 fully saturated rings. The fraction of sp³-hybridized carbons (Fsp3) is 0.524. The van der Waals surface area contributed by atoms with Gasteiger partial charge in [0.05, 0.1) is 25.2 Å². The standard InChI is InChI=1S/C42H58N8O9/c1-5-12-31(36(52)39(55)44-22-33(51)48-34(37(43)53)27-13-8-6-9-14-27)47-38(54)32-21-30(46-41(57)45-29-19-17-26(4)18-20-29)23-50(32)40(56)35(28-15-10-7-11-16-28)49-42(58)59-24-25(2)3/h6,8-9,13-14,17-20,25,28,30-32,34-35H,5,7,10-12,15-16,21-24H2,1-4H3,(H2,43,53)(H,44,55)(H,47,54)(H,48,51)(H,49,58)(H2,45,46,57). The molecule has 1 saturated carbocycles. The summed E-state index contributed by atoms with van der Waals surface area (Å²) in [5.74, 6) is -5.24. The Morgan fingerprint density at radius 2 is 1.56 bits per heavy atom. The summed E-state index contributed by atoms with van der Waals surface area (Å²) >= 11 is 0. The smallest absolute Gasteiger partial charge is 0.407 e. The first kappa shape index (κ1) is 45.7. The van der Waals surface area contributed by atoms with Gasteiger partial charge in [-0.2, -0.15) is 0 Å². The lowest BCUT2D eigenvalue weighted by atomic mass is 9.83. The van der Waals surface area contributed by atoms with Gasteiger partial charge in [0.2, 0.25) is 29.4 Å². The molecule has 0 aromatic heterocycles. The van der Waals surface area contributed by atoms with E-state index in [2.05, 4.69) is 31.9 Å². The Hall–Kier alpha value is -6.00. The number of urea groups is 1. The van der Waals surface area contributed by atoms with Crippen molar-refractivity contribution in [3.05, 3.63) is 65.7 Å². The molecule has 2 aliphatic rings. The van der Waals surface area contributed by atoms with Crippen molar-refractivity contribution in [3.63, 3.8) is 0 Å². The van der Waals surface area contributed by atoms with Crippen molar-refractivity contribution in [2.45, 2.75) is 109 Å². The number of rotatable bonds is 18. The van der Waals surface area contributed by atoms with Crippen molar-refractivity contribution in [2.24, 2.45) is 17.6 Å². The van der Waals surface area contributed by atoms with Crippen LogP contribution in [0.1, 0.15) is 89.3 Å². The van der Waals surface area contributed by atoms with Gasteiger partial charge in [0, 0.05) is 12.2 Å². The molecule has 2 aromatic rings. The van der Waals surface area contributed by atoms with Crippen molar-refractivity contribution in [3.8, 4) is 0 Å². The van der Waals surface area contributed by atoms with E-state index in [4.69, 9.17) is 10.5 Å². The van der Waals surface area contributed by atoms with Gasteiger partial charge in [-0.3, -0.25) is 28.8 Å². The number of nitrogens with zero attached hydrogens (tertiary/aromatic N) is 1. The van der Waals surface area contributed by atoms with E-state index in [0.717, 1.165) is 24.8 Å². The highest BCUT2D eigenvalue weighted by Gasteiger charge is 2.45. The van der Waals surface area contributed by atoms with Gasteiger partial charge in [0.25, 0.3) is 5.91 Å². The first-order valence-corrected chi connectivity index (χ1v) is 20.3. The third-order valence-electron chi connectivity index (χ3n) is 10.3. The summed E-state index contributed by atoms with van der Waals surface area (Å²) in [7, 11) is 0. The van der Waals surface area contributed by atoms with Crippen LogP contribution in [0.2, 0.25) is 0 Å². The monoisotopic (exact) mass is 818 g/mol. The molecule has 59 heavy (non-hydrogen) atoms. The number of hydrogen-bond donors (Lipinski definition) is 7. The predicted molar refractivity (Wildman–Crippen MR) is 218 cm³/mol. The number of carbonyl (C=O) groups is 8.